The molecule has 2 aromatic carbocycles. The van der Waals surface area contributed by atoms with E-state index >= 15 is 0 Å². The van der Waals surface area contributed by atoms with Crippen LogP contribution in [-0.2, 0) is 16.6 Å². The van der Waals surface area contributed by atoms with Crippen LogP contribution >= 0.6 is 0 Å². The van der Waals surface area contributed by atoms with Crippen LogP contribution in [0.2, 0.25) is 0 Å². The largest absolute Gasteiger partial charge is 0.573 e. The number of nitrogens with one attached hydrogen (secondary N) is 1. The number of ether oxygens (including phenoxy) is 1. The molecule has 3 heterocycles. The molecule has 10 nitrogen and oxygen atoms in total. The number of alkyl halides is 3. The molecule has 0 bridgehead atoms. The molecule has 2 aromatic heterocycles. The van der Waals surface area contributed by atoms with E-state index in [4.69, 9.17) is 0 Å². The Labute approximate surface area is 208 Å². The van der Waals surface area contributed by atoms with Gasteiger partial charge in [-0.1, -0.05) is 35.5 Å². The molecule has 194 valence electrons. The topological polar surface area (TPSA) is 123 Å². The number of piperidine rings is 1. The van der Waals surface area contributed by atoms with Gasteiger partial charge in [0.15, 0.2) is 11.2 Å². The van der Waals surface area contributed by atoms with Crippen LogP contribution in [0.1, 0.15) is 30.1 Å². The Morgan fingerprint density at radius 3 is 2.51 bits per heavy atom. The number of H-pyrrole nitrogens is 1. The van der Waals surface area contributed by atoms with Crippen molar-refractivity contribution in [2.75, 3.05) is 13.1 Å². The third kappa shape index (κ3) is 5.34. The number of aromatic nitrogens is 5. The predicted molar refractivity (Wildman–Crippen MR) is 125 cm³/mol. The number of sulfonamides is 1. The van der Waals surface area contributed by atoms with E-state index in [9.17, 15) is 26.4 Å². The number of benzene rings is 2. The molecule has 0 amide bonds. The first-order valence-electron chi connectivity index (χ1n) is 11.3. The van der Waals surface area contributed by atoms with E-state index in [0.29, 0.717) is 30.8 Å². The van der Waals surface area contributed by atoms with E-state index in [1.165, 1.54) is 45.4 Å². The molecule has 0 spiro atoms. The average molecular weight is 535 g/mol. The molecule has 1 aliphatic rings. The van der Waals surface area contributed by atoms with E-state index in [-0.39, 0.29) is 40.8 Å². The van der Waals surface area contributed by atoms with Gasteiger partial charge in [0.2, 0.25) is 10.0 Å². The van der Waals surface area contributed by atoms with Crippen molar-refractivity contribution in [1.29, 1.82) is 0 Å². The number of fused-ring (bicyclic) bond motifs is 1. The van der Waals surface area contributed by atoms with Gasteiger partial charge in [0.1, 0.15) is 11.6 Å². The fraction of sp³-hybridized carbons (Fsp3) is 0.304. The van der Waals surface area contributed by atoms with E-state index in [1.54, 1.807) is 18.2 Å². The van der Waals surface area contributed by atoms with Gasteiger partial charge >= 0.3 is 6.36 Å². The van der Waals surface area contributed by atoms with Crippen LogP contribution in [0.5, 0.6) is 5.75 Å². The van der Waals surface area contributed by atoms with Crippen molar-refractivity contribution in [3.8, 4) is 5.75 Å². The van der Waals surface area contributed by atoms with Crippen LogP contribution in [0.25, 0.3) is 11.2 Å². The van der Waals surface area contributed by atoms with Gasteiger partial charge in [-0.25, -0.2) is 18.1 Å². The molecule has 14 heteroatoms. The van der Waals surface area contributed by atoms with Gasteiger partial charge in [-0.2, -0.15) is 4.31 Å². The average Bonchev–Trinajstić information content (AvgIpc) is 3.28. The fourth-order valence-corrected chi connectivity index (χ4v) is 5.82. The molecule has 5 rings (SSSR count). The van der Waals surface area contributed by atoms with Crippen LogP contribution in [0.15, 0.2) is 64.3 Å². The SMILES string of the molecule is O=c1[nH]c([C@@H]2CCCN(S(=O)(=O)c3ccccc3)C2)nc2c1nnn2Cc1ccc(OC(F)(F)F)cc1. The molecule has 37 heavy (non-hydrogen) atoms. The minimum absolute atomic E-state index is 0.00495. The van der Waals surface area contributed by atoms with Gasteiger partial charge in [-0.15, -0.1) is 18.3 Å². The summed E-state index contributed by atoms with van der Waals surface area (Å²) < 4.78 is 70.1. The Morgan fingerprint density at radius 1 is 1.08 bits per heavy atom. The second-order valence-electron chi connectivity index (χ2n) is 8.58. The summed E-state index contributed by atoms with van der Waals surface area (Å²) in [5.41, 5.74) is 0.272. The van der Waals surface area contributed by atoms with Gasteiger partial charge < -0.3 is 9.72 Å². The Kier molecular flexibility index (Phi) is 6.45. The van der Waals surface area contributed by atoms with E-state index in [1.807, 2.05) is 0 Å². The second-order valence-corrected chi connectivity index (χ2v) is 10.5. The Morgan fingerprint density at radius 2 is 1.81 bits per heavy atom. The van der Waals surface area contributed by atoms with Gasteiger partial charge in [0, 0.05) is 19.0 Å². The Balaban J connectivity index is 1.40. The van der Waals surface area contributed by atoms with Gasteiger partial charge in [0.25, 0.3) is 5.56 Å². The summed E-state index contributed by atoms with van der Waals surface area (Å²) in [5.74, 6) is -0.390. The summed E-state index contributed by atoms with van der Waals surface area (Å²) in [4.78, 5) is 20.2. The highest BCUT2D eigenvalue weighted by molar-refractivity contribution is 7.89. The third-order valence-corrected chi connectivity index (χ3v) is 7.91. The van der Waals surface area contributed by atoms with Crippen LogP contribution in [0.3, 0.4) is 0 Å². The van der Waals surface area contributed by atoms with Crippen molar-refractivity contribution in [3.05, 3.63) is 76.3 Å². The minimum Gasteiger partial charge on any atom is -0.406 e. The lowest BCUT2D eigenvalue weighted by Crippen LogP contribution is -2.39. The summed E-state index contributed by atoms with van der Waals surface area (Å²) in [6.45, 7) is 0.597. The second kappa shape index (κ2) is 9.59. The highest BCUT2D eigenvalue weighted by atomic mass is 32.2. The van der Waals surface area contributed by atoms with E-state index in [2.05, 4.69) is 25.0 Å². The van der Waals surface area contributed by atoms with Crippen LogP contribution in [-0.4, -0.2) is 57.1 Å². The first kappa shape index (κ1) is 24.9. The molecule has 1 saturated heterocycles. The lowest BCUT2D eigenvalue weighted by atomic mass is 9.99. The molecule has 1 fully saturated rings. The summed E-state index contributed by atoms with van der Waals surface area (Å²) in [6, 6.07) is 13.4. The molecule has 4 aromatic rings. The third-order valence-electron chi connectivity index (χ3n) is 6.03. The number of halogens is 3. The number of rotatable bonds is 6. The molecule has 0 radical (unpaired) electrons. The van der Waals surface area contributed by atoms with Crippen molar-refractivity contribution in [2.24, 2.45) is 0 Å². The highest BCUT2D eigenvalue weighted by Crippen LogP contribution is 2.29. The monoisotopic (exact) mass is 534 g/mol. The van der Waals surface area contributed by atoms with E-state index < -0.39 is 21.9 Å². The Hall–Kier alpha value is -3.78. The number of hydrogen-bond acceptors (Lipinski definition) is 7. The molecule has 1 atom stereocenters. The van der Waals surface area contributed by atoms with Crippen LogP contribution in [0.4, 0.5) is 13.2 Å². The highest BCUT2D eigenvalue weighted by Gasteiger charge is 2.33. The van der Waals surface area contributed by atoms with E-state index in [0.717, 1.165) is 0 Å². The normalized spacial score (nSPS) is 17.2. The quantitative estimate of drug-likeness (QED) is 0.403. The summed E-state index contributed by atoms with van der Waals surface area (Å²) in [5, 5.41) is 7.87. The number of nitrogens with zero attached hydrogens (tertiary/aromatic N) is 5. The summed E-state index contributed by atoms with van der Waals surface area (Å²) >= 11 is 0. The molecular formula is C23H21F3N6O4S. The Bertz CT molecular complexity index is 1570. The molecular weight excluding hydrogens is 513 g/mol. The maximum Gasteiger partial charge on any atom is 0.573 e. The smallest absolute Gasteiger partial charge is 0.406 e. The van der Waals surface area contributed by atoms with Crippen molar-refractivity contribution in [1.82, 2.24) is 29.3 Å². The van der Waals surface area contributed by atoms with Gasteiger partial charge in [0.05, 0.1) is 11.4 Å². The van der Waals surface area contributed by atoms with Crippen LogP contribution in [0, 0.1) is 0 Å². The maximum absolute atomic E-state index is 13.1. The van der Waals surface area contributed by atoms with Gasteiger partial charge in [-0.3, -0.25) is 4.79 Å². The first-order valence-corrected chi connectivity index (χ1v) is 12.8. The molecule has 1 aliphatic heterocycles. The predicted octanol–water partition coefficient (Wildman–Crippen LogP) is 3.03. The maximum atomic E-state index is 13.1. The molecule has 1 N–H and O–H groups in total. The van der Waals surface area contributed by atoms with Crippen molar-refractivity contribution in [2.45, 2.75) is 36.6 Å². The van der Waals surface area contributed by atoms with Crippen molar-refractivity contribution < 1.29 is 26.3 Å². The number of aromatic amines is 1. The summed E-state index contributed by atoms with van der Waals surface area (Å²) in [6.07, 6.45) is -3.58. The lowest BCUT2D eigenvalue weighted by Gasteiger charge is -2.31. The fourth-order valence-electron chi connectivity index (χ4n) is 4.28. The van der Waals surface area contributed by atoms with Gasteiger partial charge in [-0.05, 0) is 42.7 Å². The number of hydrogen-bond donors (Lipinski definition) is 1. The lowest BCUT2D eigenvalue weighted by molar-refractivity contribution is -0.274. The molecule has 0 unspecified atom stereocenters. The molecule has 0 saturated carbocycles. The summed E-state index contributed by atoms with van der Waals surface area (Å²) in [7, 11) is -3.71. The van der Waals surface area contributed by atoms with Crippen molar-refractivity contribution >= 4 is 21.2 Å². The van der Waals surface area contributed by atoms with Crippen LogP contribution < -0.4 is 10.3 Å². The van der Waals surface area contributed by atoms with Crippen molar-refractivity contribution in [3.63, 3.8) is 0 Å². The zero-order valence-electron chi connectivity index (χ0n) is 19.2. The standard InChI is InChI=1S/C23H21F3N6O4S/c24-23(25,26)36-17-10-8-15(9-11-17)13-32-21-19(29-30-32)22(33)28-20(27-21)16-5-4-12-31(14-16)37(34,35)18-6-2-1-3-7-18/h1-3,6-11,16H,4-5,12-14H2,(H,27,28,33)/t16-/m1/s1. The first-order chi connectivity index (χ1) is 17.6. The minimum atomic E-state index is -4.79. The zero-order chi connectivity index (χ0) is 26.2. The zero-order valence-corrected chi connectivity index (χ0v) is 20.0. The molecule has 0 aliphatic carbocycles.